The molecule has 0 aliphatic carbocycles. The van der Waals surface area contributed by atoms with Gasteiger partial charge in [0.2, 0.25) is 0 Å². The summed E-state index contributed by atoms with van der Waals surface area (Å²) in [5.41, 5.74) is -0.367. The van der Waals surface area contributed by atoms with E-state index in [9.17, 15) is 4.79 Å². The van der Waals surface area contributed by atoms with Crippen molar-refractivity contribution in [1.29, 1.82) is 0 Å². The van der Waals surface area contributed by atoms with Crippen molar-refractivity contribution in [3.05, 3.63) is 0 Å². The Kier molecular flexibility index (Phi) is 2.23. The van der Waals surface area contributed by atoms with Gasteiger partial charge in [0.05, 0.1) is 17.1 Å². The third kappa shape index (κ3) is 1.66. The van der Waals surface area contributed by atoms with Crippen LogP contribution in [0, 0.1) is 0 Å². The number of amides is 1. The summed E-state index contributed by atoms with van der Waals surface area (Å²) in [7, 11) is 0. The molecule has 0 radical (unpaired) electrons. The first-order valence-corrected chi connectivity index (χ1v) is 4.11. The molecule has 0 aromatic carbocycles. The number of carboxylic acid groups (broad SMARTS) is 1. The quantitative estimate of drug-likeness (QED) is 0.549. The van der Waals surface area contributed by atoms with Crippen LogP contribution >= 0.6 is 12.2 Å². The number of hydrogen-bond donors (Lipinski definition) is 2. The summed E-state index contributed by atoms with van der Waals surface area (Å²) in [6.07, 6.45) is -0.913. The van der Waals surface area contributed by atoms with E-state index >= 15 is 0 Å². The highest BCUT2D eigenvalue weighted by Crippen LogP contribution is 2.16. The fourth-order valence-corrected chi connectivity index (χ4v) is 1.35. The Hall–Kier alpha value is -0.840. The summed E-state index contributed by atoms with van der Waals surface area (Å²) in [6.45, 7) is 4.63. The number of rotatable bonds is 0. The molecule has 4 nitrogen and oxygen atoms in total. The summed E-state index contributed by atoms with van der Waals surface area (Å²) in [4.78, 5) is 12.7. The van der Waals surface area contributed by atoms with E-state index in [4.69, 9.17) is 17.3 Å². The molecule has 0 saturated carbocycles. The van der Waals surface area contributed by atoms with Crippen LogP contribution < -0.4 is 5.32 Å². The molecule has 0 aromatic heterocycles. The Morgan fingerprint density at radius 2 is 2.33 bits per heavy atom. The Labute approximate surface area is 76.5 Å². The van der Waals surface area contributed by atoms with Crippen LogP contribution in [0.2, 0.25) is 0 Å². The molecule has 1 heterocycles. The molecule has 2 N–H and O–H groups in total. The van der Waals surface area contributed by atoms with Gasteiger partial charge in [0.15, 0.2) is 0 Å². The first kappa shape index (κ1) is 9.25. The fourth-order valence-electron chi connectivity index (χ4n) is 1.15. The van der Waals surface area contributed by atoms with Gasteiger partial charge in [-0.2, -0.15) is 0 Å². The van der Waals surface area contributed by atoms with Crippen LogP contribution in [-0.4, -0.2) is 39.7 Å². The Balaban J connectivity index is 2.78. The maximum absolute atomic E-state index is 10.8. The van der Waals surface area contributed by atoms with Gasteiger partial charge in [-0.3, -0.25) is 4.90 Å². The minimum atomic E-state index is -0.913. The van der Waals surface area contributed by atoms with Crippen LogP contribution in [0.4, 0.5) is 4.79 Å². The van der Waals surface area contributed by atoms with Crippen molar-refractivity contribution >= 4 is 23.3 Å². The molecule has 12 heavy (non-hydrogen) atoms. The van der Waals surface area contributed by atoms with E-state index in [1.165, 1.54) is 4.90 Å². The van der Waals surface area contributed by atoms with Crippen molar-refractivity contribution in [2.24, 2.45) is 0 Å². The lowest BCUT2D eigenvalue weighted by atomic mass is 10.0. The van der Waals surface area contributed by atoms with E-state index in [2.05, 4.69) is 5.32 Å². The minimum absolute atomic E-state index is 0.303. The fraction of sp³-hybridized carbons (Fsp3) is 0.714. The maximum Gasteiger partial charge on any atom is 0.408 e. The van der Waals surface area contributed by atoms with Gasteiger partial charge in [-0.1, -0.05) is 12.2 Å². The molecule has 68 valence electrons. The lowest BCUT2D eigenvalue weighted by Gasteiger charge is -2.41. The van der Waals surface area contributed by atoms with Gasteiger partial charge in [-0.05, 0) is 13.8 Å². The zero-order chi connectivity index (χ0) is 9.35. The van der Waals surface area contributed by atoms with E-state index in [1.807, 2.05) is 13.8 Å². The molecule has 0 atom stereocenters. The number of hydrogen-bond acceptors (Lipinski definition) is 2. The zero-order valence-corrected chi connectivity index (χ0v) is 7.94. The van der Waals surface area contributed by atoms with Crippen LogP contribution in [0.1, 0.15) is 13.8 Å². The number of nitrogens with zero attached hydrogens (tertiary/aromatic N) is 1. The molecule has 5 heteroatoms. The Morgan fingerprint density at radius 1 is 1.75 bits per heavy atom. The predicted molar refractivity (Wildman–Crippen MR) is 49.4 cm³/mol. The van der Waals surface area contributed by atoms with Crippen molar-refractivity contribution < 1.29 is 9.90 Å². The van der Waals surface area contributed by atoms with Crippen LogP contribution in [0.15, 0.2) is 0 Å². The zero-order valence-electron chi connectivity index (χ0n) is 7.13. The maximum atomic E-state index is 10.8. The molecule has 1 saturated heterocycles. The minimum Gasteiger partial charge on any atom is -0.465 e. The normalized spacial score (nSPS) is 21.8. The number of carbonyl (C=O) groups is 1. The standard InChI is InChI=1S/C7H12N2O2S/c1-7(2)4-8-5(12)3-9(7)6(10)11/h3-4H2,1-2H3,(H,8,12)(H,10,11). The summed E-state index contributed by atoms with van der Waals surface area (Å²) in [5, 5.41) is 11.8. The van der Waals surface area contributed by atoms with Crippen molar-refractivity contribution in [3.8, 4) is 0 Å². The molecular formula is C7H12N2O2S. The number of nitrogens with one attached hydrogen (secondary N) is 1. The average molecular weight is 188 g/mol. The monoisotopic (exact) mass is 188 g/mol. The summed E-state index contributed by atoms with van der Waals surface area (Å²) in [6, 6.07) is 0. The predicted octanol–water partition coefficient (Wildman–Crippen LogP) is 0.676. The lowest BCUT2D eigenvalue weighted by molar-refractivity contribution is 0.0977. The van der Waals surface area contributed by atoms with Crippen LogP contribution in [-0.2, 0) is 0 Å². The Morgan fingerprint density at radius 3 is 2.75 bits per heavy atom. The van der Waals surface area contributed by atoms with E-state index in [0.717, 1.165) is 0 Å². The van der Waals surface area contributed by atoms with E-state index in [-0.39, 0.29) is 5.54 Å². The highest BCUT2D eigenvalue weighted by atomic mass is 32.1. The lowest BCUT2D eigenvalue weighted by Crippen LogP contribution is -2.61. The first-order valence-electron chi connectivity index (χ1n) is 3.71. The van der Waals surface area contributed by atoms with E-state index in [0.29, 0.717) is 18.1 Å². The van der Waals surface area contributed by atoms with Gasteiger partial charge in [-0.25, -0.2) is 4.79 Å². The largest absolute Gasteiger partial charge is 0.465 e. The third-order valence-electron chi connectivity index (χ3n) is 1.98. The highest BCUT2D eigenvalue weighted by molar-refractivity contribution is 7.80. The molecule has 1 aliphatic heterocycles. The van der Waals surface area contributed by atoms with Gasteiger partial charge >= 0.3 is 6.09 Å². The van der Waals surface area contributed by atoms with Gasteiger partial charge < -0.3 is 10.4 Å². The Bertz CT molecular complexity index is 227. The van der Waals surface area contributed by atoms with E-state index < -0.39 is 6.09 Å². The number of piperazine rings is 1. The molecule has 0 aromatic rings. The van der Waals surface area contributed by atoms with Crippen LogP contribution in [0.25, 0.3) is 0 Å². The van der Waals surface area contributed by atoms with E-state index in [1.54, 1.807) is 0 Å². The molecule has 1 amide bonds. The smallest absolute Gasteiger partial charge is 0.408 e. The third-order valence-corrected chi connectivity index (χ3v) is 2.25. The van der Waals surface area contributed by atoms with Crippen LogP contribution in [0.3, 0.4) is 0 Å². The average Bonchev–Trinajstić information content (AvgIpc) is 1.94. The molecule has 1 rings (SSSR count). The second-order valence-electron chi connectivity index (χ2n) is 3.46. The number of thiocarbonyl (C=S) groups is 1. The summed E-state index contributed by atoms with van der Waals surface area (Å²) < 4.78 is 0. The van der Waals surface area contributed by atoms with Gasteiger partial charge in [-0.15, -0.1) is 0 Å². The second kappa shape index (κ2) is 2.90. The van der Waals surface area contributed by atoms with Crippen molar-refractivity contribution in [2.75, 3.05) is 13.1 Å². The van der Waals surface area contributed by atoms with Gasteiger partial charge in [0.1, 0.15) is 0 Å². The second-order valence-corrected chi connectivity index (χ2v) is 3.95. The molecule has 0 unspecified atom stereocenters. The van der Waals surface area contributed by atoms with Crippen molar-refractivity contribution in [1.82, 2.24) is 10.2 Å². The topological polar surface area (TPSA) is 52.6 Å². The first-order chi connectivity index (χ1) is 5.43. The highest BCUT2D eigenvalue weighted by Gasteiger charge is 2.34. The van der Waals surface area contributed by atoms with Crippen molar-refractivity contribution in [2.45, 2.75) is 19.4 Å². The summed E-state index contributed by atoms with van der Waals surface area (Å²) in [5.74, 6) is 0. The SMILES string of the molecule is CC1(C)CNC(=S)CN1C(=O)O. The van der Waals surface area contributed by atoms with Gasteiger partial charge in [0, 0.05) is 6.54 Å². The summed E-state index contributed by atoms with van der Waals surface area (Å²) >= 11 is 4.89. The van der Waals surface area contributed by atoms with Crippen LogP contribution in [0.5, 0.6) is 0 Å². The molecule has 1 aliphatic rings. The molecular weight excluding hydrogens is 176 g/mol. The molecule has 1 fully saturated rings. The molecule has 0 spiro atoms. The van der Waals surface area contributed by atoms with Gasteiger partial charge in [0.25, 0.3) is 0 Å². The molecule has 0 bridgehead atoms. The van der Waals surface area contributed by atoms with Crippen molar-refractivity contribution in [3.63, 3.8) is 0 Å².